The van der Waals surface area contributed by atoms with Gasteiger partial charge in [-0.3, -0.25) is 9.59 Å². The molecule has 0 aliphatic rings. The van der Waals surface area contributed by atoms with Gasteiger partial charge in [0.15, 0.2) is 11.6 Å². The molecule has 0 aromatic heterocycles. The van der Waals surface area contributed by atoms with Crippen molar-refractivity contribution in [2.75, 3.05) is 0 Å². The maximum Gasteiger partial charge on any atom is 0.160 e. The van der Waals surface area contributed by atoms with E-state index in [0.29, 0.717) is 11.1 Å². The predicted octanol–water partition coefficient (Wildman–Crippen LogP) is 2.65. The average Bonchev–Trinajstić information content (AvgIpc) is 2.16. The Morgan fingerprint density at radius 1 is 1.14 bits per heavy atom. The van der Waals surface area contributed by atoms with E-state index in [1.54, 1.807) is 6.07 Å². The molecule has 14 heavy (non-hydrogen) atoms. The SMILES string of the molecule is CCc1cccc(C(C)=O)c1C(C)=O. The van der Waals surface area contributed by atoms with Crippen LogP contribution in [0.15, 0.2) is 18.2 Å². The highest BCUT2D eigenvalue weighted by Crippen LogP contribution is 2.16. The van der Waals surface area contributed by atoms with E-state index in [9.17, 15) is 9.59 Å². The zero-order chi connectivity index (χ0) is 10.7. The van der Waals surface area contributed by atoms with Crippen molar-refractivity contribution in [2.45, 2.75) is 27.2 Å². The van der Waals surface area contributed by atoms with Crippen molar-refractivity contribution in [1.29, 1.82) is 0 Å². The van der Waals surface area contributed by atoms with Crippen LogP contribution >= 0.6 is 0 Å². The highest BCUT2D eigenvalue weighted by atomic mass is 16.1. The Bertz CT molecular complexity index is 378. The lowest BCUT2D eigenvalue weighted by atomic mass is 9.94. The van der Waals surface area contributed by atoms with Crippen molar-refractivity contribution in [2.24, 2.45) is 0 Å². The topological polar surface area (TPSA) is 34.1 Å². The first-order valence-electron chi connectivity index (χ1n) is 4.71. The molecule has 0 aliphatic heterocycles. The molecule has 0 spiro atoms. The Labute approximate surface area is 83.9 Å². The first kappa shape index (κ1) is 10.6. The van der Waals surface area contributed by atoms with Gasteiger partial charge >= 0.3 is 0 Å². The molecular weight excluding hydrogens is 176 g/mol. The Morgan fingerprint density at radius 3 is 2.21 bits per heavy atom. The number of benzene rings is 1. The number of ketones is 2. The Kier molecular flexibility index (Phi) is 3.18. The molecule has 0 saturated heterocycles. The molecule has 0 bridgehead atoms. The van der Waals surface area contributed by atoms with E-state index in [4.69, 9.17) is 0 Å². The summed E-state index contributed by atoms with van der Waals surface area (Å²) in [6.07, 6.45) is 0.774. The summed E-state index contributed by atoms with van der Waals surface area (Å²) in [6.45, 7) is 4.97. The van der Waals surface area contributed by atoms with E-state index in [1.165, 1.54) is 13.8 Å². The van der Waals surface area contributed by atoms with E-state index < -0.39 is 0 Å². The smallest absolute Gasteiger partial charge is 0.160 e. The zero-order valence-electron chi connectivity index (χ0n) is 8.76. The van der Waals surface area contributed by atoms with Crippen molar-refractivity contribution in [3.63, 3.8) is 0 Å². The molecule has 0 radical (unpaired) electrons. The molecule has 0 unspecified atom stereocenters. The van der Waals surface area contributed by atoms with Gasteiger partial charge in [-0.1, -0.05) is 25.1 Å². The van der Waals surface area contributed by atoms with Gasteiger partial charge in [0, 0.05) is 11.1 Å². The molecule has 0 N–H and O–H groups in total. The summed E-state index contributed by atoms with van der Waals surface area (Å²) in [5, 5.41) is 0. The molecule has 0 heterocycles. The minimum atomic E-state index is -0.0505. The van der Waals surface area contributed by atoms with Gasteiger partial charge < -0.3 is 0 Å². The van der Waals surface area contributed by atoms with E-state index >= 15 is 0 Å². The predicted molar refractivity (Wildman–Crippen MR) is 55.8 cm³/mol. The molecule has 2 nitrogen and oxygen atoms in total. The maximum atomic E-state index is 11.4. The van der Waals surface area contributed by atoms with Crippen LogP contribution in [0.5, 0.6) is 0 Å². The summed E-state index contributed by atoms with van der Waals surface area (Å²) >= 11 is 0. The fourth-order valence-electron chi connectivity index (χ4n) is 1.60. The summed E-state index contributed by atoms with van der Waals surface area (Å²) in [5.41, 5.74) is 2.07. The Hall–Kier alpha value is -1.44. The van der Waals surface area contributed by atoms with Crippen LogP contribution in [-0.4, -0.2) is 11.6 Å². The summed E-state index contributed by atoms with van der Waals surface area (Å²) in [7, 11) is 0. The first-order chi connectivity index (χ1) is 6.57. The summed E-state index contributed by atoms with van der Waals surface area (Å²) in [6, 6.07) is 5.42. The second kappa shape index (κ2) is 4.18. The van der Waals surface area contributed by atoms with Gasteiger partial charge in [-0.15, -0.1) is 0 Å². The molecular formula is C12H14O2. The molecule has 0 atom stereocenters. The van der Waals surface area contributed by atoms with Gasteiger partial charge in [0.1, 0.15) is 0 Å². The normalized spacial score (nSPS) is 9.93. The summed E-state index contributed by atoms with van der Waals surface area (Å²) < 4.78 is 0. The highest BCUT2D eigenvalue weighted by Gasteiger charge is 2.13. The van der Waals surface area contributed by atoms with Gasteiger partial charge in [-0.25, -0.2) is 0 Å². The van der Waals surface area contributed by atoms with Gasteiger partial charge in [0.25, 0.3) is 0 Å². The number of carbonyl (C=O) groups excluding carboxylic acids is 2. The van der Waals surface area contributed by atoms with Crippen molar-refractivity contribution >= 4 is 11.6 Å². The van der Waals surface area contributed by atoms with E-state index in [0.717, 1.165) is 12.0 Å². The standard InChI is InChI=1S/C12H14O2/c1-4-10-6-5-7-11(8(2)13)12(10)9(3)14/h5-7H,4H2,1-3H3. The number of hydrogen-bond acceptors (Lipinski definition) is 2. The lowest BCUT2D eigenvalue weighted by Gasteiger charge is -2.08. The molecule has 74 valence electrons. The van der Waals surface area contributed by atoms with Gasteiger partial charge in [-0.05, 0) is 25.8 Å². The van der Waals surface area contributed by atoms with Crippen LogP contribution in [0.3, 0.4) is 0 Å². The molecule has 0 fully saturated rings. The number of aryl methyl sites for hydroxylation is 1. The lowest BCUT2D eigenvalue weighted by Crippen LogP contribution is -2.07. The van der Waals surface area contributed by atoms with Crippen LogP contribution < -0.4 is 0 Å². The number of rotatable bonds is 3. The minimum Gasteiger partial charge on any atom is -0.294 e. The van der Waals surface area contributed by atoms with Crippen LogP contribution in [-0.2, 0) is 6.42 Å². The molecule has 0 amide bonds. The fraction of sp³-hybridized carbons (Fsp3) is 0.333. The minimum absolute atomic E-state index is 0.0346. The van der Waals surface area contributed by atoms with E-state index in [2.05, 4.69) is 0 Å². The highest BCUT2D eigenvalue weighted by molar-refractivity contribution is 6.08. The van der Waals surface area contributed by atoms with Crippen LogP contribution in [0.2, 0.25) is 0 Å². The fourth-order valence-corrected chi connectivity index (χ4v) is 1.60. The molecule has 0 aliphatic carbocycles. The van der Waals surface area contributed by atoms with E-state index in [1.807, 2.05) is 19.1 Å². The first-order valence-corrected chi connectivity index (χ1v) is 4.71. The van der Waals surface area contributed by atoms with Gasteiger partial charge in [0.2, 0.25) is 0 Å². The number of hydrogen-bond donors (Lipinski definition) is 0. The molecule has 0 saturated carbocycles. The Balaban J connectivity index is 3.43. The Morgan fingerprint density at radius 2 is 1.79 bits per heavy atom. The van der Waals surface area contributed by atoms with Crippen LogP contribution in [0.25, 0.3) is 0 Å². The maximum absolute atomic E-state index is 11.4. The summed E-state index contributed by atoms with van der Waals surface area (Å²) in [5.74, 6) is -0.0850. The molecule has 1 rings (SSSR count). The quantitative estimate of drug-likeness (QED) is 0.686. The molecule has 1 aromatic rings. The van der Waals surface area contributed by atoms with E-state index in [-0.39, 0.29) is 11.6 Å². The third kappa shape index (κ3) is 1.90. The second-order valence-electron chi connectivity index (χ2n) is 3.31. The van der Waals surface area contributed by atoms with Gasteiger partial charge in [0.05, 0.1) is 0 Å². The van der Waals surface area contributed by atoms with Crippen LogP contribution in [0.1, 0.15) is 47.1 Å². The zero-order valence-corrected chi connectivity index (χ0v) is 8.76. The van der Waals surface area contributed by atoms with Crippen molar-refractivity contribution in [1.82, 2.24) is 0 Å². The molecule has 1 aromatic carbocycles. The number of Topliss-reactive ketones (excluding diaryl/α,β-unsaturated/α-hetero) is 2. The van der Waals surface area contributed by atoms with Gasteiger partial charge in [-0.2, -0.15) is 0 Å². The third-order valence-corrected chi connectivity index (χ3v) is 2.26. The lowest BCUT2D eigenvalue weighted by molar-refractivity contribution is 0.0980. The summed E-state index contributed by atoms with van der Waals surface area (Å²) in [4.78, 5) is 22.7. The van der Waals surface area contributed by atoms with Crippen molar-refractivity contribution in [3.05, 3.63) is 34.9 Å². The average molecular weight is 190 g/mol. The van der Waals surface area contributed by atoms with Crippen LogP contribution in [0.4, 0.5) is 0 Å². The second-order valence-corrected chi connectivity index (χ2v) is 3.31. The van der Waals surface area contributed by atoms with Crippen LogP contribution in [0, 0.1) is 0 Å². The van der Waals surface area contributed by atoms with Crippen molar-refractivity contribution < 1.29 is 9.59 Å². The molecule has 2 heteroatoms. The number of carbonyl (C=O) groups is 2. The van der Waals surface area contributed by atoms with Crippen molar-refractivity contribution in [3.8, 4) is 0 Å². The monoisotopic (exact) mass is 190 g/mol. The largest absolute Gasteiger partial charge is 0.294 e. The third-order valence-electron chi connectivity index (χ3n) is 2.26.